The van der Waals surface area contributed by atoms with Gasteiger partial charge in [0.15, 0.2) is 0 Å². The third kappa shape index (κ3) is 4.46. The van der Waals surface area contributed by atoms with E-state index in [1.807, 2.05) is 49.4 Å². The number of aromatic nitrogens is 2. The van der Waals surface area contributed by atoms with E-state index >= 15 is 0 Å². The normalized spacial score (nSPS) is 11.5. The number of aryl methyl sites for hydroxylation is 2. The Labute approximate surface area is 175 Å². The lowest BCUT2D eigenvalue weighted by Gasteiger charge is -2.11. The summed E-state index contributed by atoms with van der Waals surface area (Å²) in [5.74, 6) is 0.905. The highest BCUT2D eigenvalue weighted by Gasteiger charge is 2.20. The van der Waals surface area contributed by atoms with Crippen molar-refractivity contribution in [3.8, 4) is 11.6 Å². The van der Waals surface area contributed by atoms with E-state index in [1.165, 1.54) is 16.8 Å². The van der Waals surface area contributed by atoms with Crippen molar-refractivity contribution in [2.75, 3.05) is 6.61 Å². The van der Waals surface area contributed by atoms with Crippen LogP contribution >= 0.6 is 0 Å². The van der Waals surface area contributed by atoms with Gasteiger partial charge in [-0.1, -0.05) is 48.0 Å². The van der Waals surface area contributed by atoms with E-state index in [-0.39, 0.29) is 10.8 Å². The Morgan fingerprint density at radius 2 is 1.63 bits per heavy atom. The van der Waals surface area contributed by atoms with Gasteiger partial charge in [-0.25, -0.2) is 4.68 Å². The van der Waals surface area contributed by atoms with Crippen LogP contribution in [-0.2, 0) is 16.7 Å². The van der Waals surface area contributed by atoms with Crippen LogP contribution < -0.4 is 8.92 Å². The minimum absolute atomic E-state index is 0.103. The van der Waals surface area contributed by atoms with Crippen LogP contribution in [0.5, 0.6) is 11.6 Å². The lowest BCUT2D eigenvalue weighted by Crippen LogP contribution is -2.15. The molecule has 0 radical (unpaired) electrons. The zero-order valence-corrected chi connectivity index (χ0v) is 17.6. The van der Waals surface area contributed by atoms with E-state index in [2.05, 4.69) is 5.10 Å². The maximum absolute atomic E-state index is 12.6. The molecule has 0 fully saturated rings. The lowest BCUT2D eigenvalue weighted by molar-refractivity contribution is 0.284. The van der Waals surface area contributed by atoms with Gasteiger partial charge in [0.2, 0.25) is 5.88 Å². The fraction of sp³-hybridized carbons (Fsp3) is 0.174. The molecule has 154 valence electrons. The van der Waals surface area contributed by atoms with Crippen LogP contribution in [0.3, 0.4) is 0 Å². The lowest BCUT2D eigenvalue weighted by atomic mass is 10.1. The fourth-order valence-corrected chi connectivity index (χ4v) is 4.05. The van der Waals surface area contributed by atoms with E-state index in [9.17, 15) is 8.42 Å². The molecule has 0 aliphatic heterocycles. The average Bonchev–Trinajstić information content (AvgIpc) is 3.06. The maximum atomic E-state index is 12.6. The van der Waals surface area contributed by atoms with E-state index in [0.717, 1.165) is 22.1 Å². The summed E-state index contributed by atoms with van der Waals surface area (Å²) in [5, 5.41) is 6.57. The maximum Gasteiger partial charge on any atom is 0.340 e. The van der Waals surface area contributed by atoms with Gasteiger partial charge in [-0.3, -0.25) is 0 Å². The van der Waals surface area contributed by atoms with Gasteiger partial charge >= 0.3 is 10.1 Å². The molecule has 0 amide bonds. The molecule has 1 heterocycles. The van der Waals surface area contributed by atoms with Gasteiger partial charge in [-0.05, 0) is 48.9 Å². The monoisotopic (exact) mass is 422 g/mol. The number of hydrogen-bond donors (Lipinski definition) is 0. The number of ether oxygens (including phenoxy) is 1. The van der Waals surface area contributed by atoms with Crippen LogP contribution in [0.4, 0.5) is 0 Å². The van der Waals surface area contributed by atoms with Crippen molar-refractivity contribution in [1.82, 2.24) is 9.78 Å². The quantitative estimate of drug-likeness (QED) is 0.410. The molecule has 0 saturated heterocycles. The minimum atomic E-state index is -3.94. The number of nitrogens with zero attached hydrogens (tertiary/aromatic N) is 2. The molecule has 0 bridgehead atoms. The van der Waals surface area contributed by atoms with E-state index in [1.54, 1.807) is 25.1 Å². The van der Waals surface area contributed by atoms with Crippen LogP contribution in [0.25, 0.3) is 10.8 Å². The molecule has 0 spiro atoms. The summed E-state index contributed by atoms with van der Waals surface area (Å²) in [4.78, 5) is 0.103. The number of hydrogen-bond acceptors (Lipinski definition) is 5. The zero-order valence-electron chi connectivity index (χ0n) is 16.8. The topological polar surface area (TPSA) is 70.4 Å². The highest BCUT2D eigenvalue weighted by Crippen LogP contribution is 2.22. The van der Waals surface area contributed by atoms with Crippen molar-refractivity contribution < 1.29 is 17.3 Å². The second-order valence-corrected chi connectivity index (χ2v) is 8.60. The van der Waals surface area contributed by atoms with Gasteiger partial charge in [0, 0.05) is 6.07 Å². The molecular formula is C23H22N2O4S. The molecule has 7 heteroatoms. The number of rotatable bonds is 7. The Balaban J connectivity index is 1.45. The molecule has 4 aromatic rings. The number of fused-ring (bicyclic) bond motifs is 1. The smallest absolute Gasteiger partial charge is 0.340 e. The molecule has 0 aliphatic carbocycles. The molecule has 3 aromatic carbocycles. The van der Waals surface area contributed by atoms with Gasteiger partial charge < -0.3 is 8.92 Å². The Morgan fingerprint density at radius 3 is 2.40 bits per heavy atom. The molecule has 4 rings (SSSR count). The summed E-state index contributed by atoms with van der Waals surface area (Å²) in [6.07, 6.45) is 0. The van der Waals surface area contributed by atoms with Crippen molar-refractivity contribution in [3.05, 3.63) is 84.1 Å². The van der Waals surface area contributed by atoms with E-state index < -0.39 is 10.1 Å². The van der Waals surface area contributed by atoms with Crippen LogP contribution in [0.1, 0.15) is 11.3 Å². The van der Waals surface area contributed by atoms with Gasteiger partial charge in [-0.15, -0.1) is 0 Å². The average molecular weight is 423 g/mol. The first kappa shape index (κ1) is 20.0. The molecule has 0 atom stereocenters. The third-order valence-corrected chi connectivity index (χ3v) is 5.90. The van der Waals surface area contributed by atoms with Crippen LogP contribution in [0, 0.1) is 13.8 Å². The first-order valence-electron chi connectivity index (χ1n) is 9.58. The van der Waals surface area contributed by atoms with E-state index in [0.29, 0.717) is 18.8 Å². The van der Waals surface area contributed by atoms with Crippen molar-refractivity contribution >= 4 is 20.9 Å². The van der Waals surface area contributed by atoms with Crippen molar-refractivity contribution in [3.63, 3.8) is 0 Å². The van der Waals surface area contributed by atoms with Gasteiger partial charge in [0.05, 0.1) is 12.2 Å². The summed E-state index contributed by atoms with van der Waals surface area (Å²) in [6, 6.07) is 22.1. The second-order valence-electron chi connectivity index (χ2n) is 7.06. The predicted molar refractivity (Wildman–Crippen MR) is 115 cm³/mol. The molecule has 1 aromatic heterocycles. The van der Waals surface area contributed by atoms with E-state index in [4.69, 9.17) is 8.92 Å². The van der Waals surface area contributed by atoms with Crippen molar-refractivity contribution in [2.45, 2.75) is 25.3 Å². The third-order valence-electron chi connectivity index (χ3n) is 4.66. The summed E-state index contributed by atoms with van der Waals surface area (Å²) in [5.41, 5.74) is 1.63. The first-order chi connectivity index (χ1) is 14.4. The van der Waals surface area contributed by atoms with Crippen LogP contribution in [0.2, 0.25) is 0 Å². The fourth-order valence-electron chi connectivity index (χ4n) is 3.12. The van der Waals surface area contributed by atoms with Crippen molar-refractivity contribution in [1.29, 1.82) is 0 Å². The number of benzene rings is 3. The first-order valence-corrected chi connectivity index (χ1v) is 11.0. The SMILES string of the molecule is Cc1ccc(S(=O)(=O)Oc2cc(C)nn2CCOc2ccc3ccccc3c2)cc1. The summed E-state index contributed by atoms with van der Waals surface area (Å²) < 4.78 is 37.9. The highest BCUT2D eigenvalue weighted by molar-refractivity contribution is 7.87. The predicted octanol–water partition coefficient (Wildman–Crippen LogP) is 4.50. The molecule has 0 N–H and O–H groups in total. The summed E-state index contributed by atoms with van der Waals surface area (Å²) >= 11 is 0. The zero-order chi connectivity index (χ0) is 21.1. The standard InChI is InChI=1S/C23H22N2O4S/c1-17-7-11-22(12-8-17)30(26,27)29-23-15-18(2)24-25(23)13-14-28-21-10-9-19-5-3-4-6-20(19)16-21/h3-12,15-16H,13-14H2,1-2H3. The summed E-state index contributed by atoms with van der Waals surface area (Å²) in [6.45, 7) is 4.34. The minimum Gasteiger partial charge on any atom is -0.492 e. The Morgan fingerprint density at radius 1 is 0.900 bits per heavy atom. The van der Waals surface area contributed by atoms with Gasteiger partial charge in [0.25, 0.3) is 0 Å². The molecule has 6 nitrogen and oxygen atoms in total. The molecular weight excluding hydrogens is 400 g/mol. The van der Waals surface area contributed by atoms with Crippen molar-refractivity contribution in [2.24, 2.45) is 0 Å². The molecule has 30 heavy (non-hydrogen) atoms. The second kappa shape index (κ2) is 8.20. The van der Waals surface area contributed by atoms with Crippen LogP contribution in [-0.4, -0.2) is 24.8 Å². The Kier molecular flexibility index (Phi) is 5.46. The highest BCUT2D eigenvalue weighted by atomic mass is 32.2. The largest absolute Gasteiger partial charge is 0.492 e. The van der Waals surface area contributed by atoms with Crippen LogP contribution in [0.15, 0.2) is 77.7 Å². The van der Waals surface area contributed by atoms with Gasteiger partial charge in [0.1, 0.15) is 17.3 Å². The Hall–Kier alpha value is -3.32. The summed E-state index contributed by atoms with van der Waals surface area (Å²) in [7, 11) is -3.94. The molecule has 0 unspecified atom stereocenters. The molecule has 0 saturated carbocycles. The van der Waals surface area contributed by atoms with Gasteiger partial charge in [-0.2, -0.15) is 13.5 Å². The Bertz CT molecular complexity index is 1280. The molecule has 0 aliphatic rings.